The Bertz CT molecular complexity index is 2160. The lowest BCUT2D eigenvalue weighted by molar-refractivity contribution is -0.138. The maximum absolute atomic E-state index is 13.7. The van der Waals surface area contributed by atoms with Gasteiger partial charge in [0.1, 0.15) is 30.3 Å². The average Bonchev–Trinajstić information content (AvgIpc) is 3.55. The third-order valence-corrected chi connectivity index (χ3v) is 11.8. The standard InChI is InChI=1S/C46H50N6O6/c1-2-37(32-8-4-3-5-9-32)42(33-12-16-35(53)17-13-33)34-14-18-36(19-15-34)58-31-30-48-22-24-50(25-23-48)46(57)51-28-26-49(27-29-51)44-38-10-6-7-11-39(38)45(56)52(44)40-20-21-41(54)47-43(40)55/h3-19,40,44,53H,2,20-31H2,1H3,(H,47,54,55). The quantitative estimate of drug-likeness (QED) is 0.161. The number of aromatic hydroxyl groups is 1. The lowest BCUT2D eigenvalue weighted by atomic mass is 9.88. The van der Waals surface area contributed by atoms with Crippen LogP contribution in [0.1, 0.15) is 65.0 Å². The smallest absolute Gasteiger partial charge is 0.320 e. The molecule has 0 saturated carbocycles. The van der Waals surface area contributed by atoms with Gasteiger partial charge in [0.05, 0.1) is 0 Å². The zero-order valence-electron chi connectivity index (χ0n) is 32.9. The van der Waals surface area contributed by atoms with Crippen LogP contribution in [0.15, 0.2) is 103 Å². The molecule has 3 fully saturated rings. The fourth-order valence-corrected chi connectivity index (χ4v) is 8.79. The van der Waals surface area contributed by atoms with Gasteiger partial charge in [-0.1, -0.05) is 79.7 Å². The number of hydrogen-bond donors (Lipinski definition) is 2. The number of allylic oxidation sites excluding steroid dienone is 1. The SMILES string of the molecule is CCC(=C(c1ccc(O)cc1)c1ccc(OCCN2CCN(C(=O)N3CCN(C4c5ccccc5C(=O)N4C4CCC(=O)NC4=O)CC3)CC2)cc1)c1ccccc1. The molecule has 8 rings (SSSR count). The van der Waals surface area contributed by atoms with Crippen molar-refractivity contribution in [2.24, 2.45) is 0 Å². The highest BCUT2D eigenvalue weighted by Crippen LogP contribution is 2.40. The predicted octanol–water partition coefficient (Wildman–Crippen LogP) is 5.46. The molecular weight excluding hydrogens is 733 g/mol. The molecular formula is C46H50N6O6. The molecule has 12 nitrogen and oxygen atoms in total. The molecule has 2 unspecified atom stereocenters. The number of benzene rings is 4. The van der Waals surface area contributed by atoms with Crippen molar-refractivity contribution in [3.05, 3.63) is 131 Å². The highest BCUT2D eigenvalue weighted by molar-refractivity contribution is 6.06. The van der Waals surface area contributed by atoms with Crippen molar-refractivity contribution >= 4 is 34.9 Å². The number of piperidine rings is 1. The van der Waals surface area contributed by atoms with Crippen LogP contribution in [0.3, 0.4) is 0 Å². The number of hydrogen-bond acceptors (Lipinski definition) is 8. The molecule has 0 aromatic heterocycles. The first kappa shape index (κ1) is 38.9. The number of nitrogens with zero attached hydrogens (tertiary/aromatic N) is 5. The molecule has 4 aromatic carbocycles. The first-order valence-corrected chi connectivity index (χ1v) is 20.4. The molecule has 4 aromatic rings. The van der Waals surface area contributed by atoms with Crippen LogP contribution in [0.25, 0.3) is 11.1 Å². The summed E-state index contributed by atoms with van der Waals surface area (Å²) < 4.78 is 6.20. The molecule has 300 valence electrons. The first-order valence-electron chi connectivity index (χ1n) is 20.4. The van der Waals surface area contributed by atoms with Gasteiger partial charge >= 0.3 is 6.03 Å². The number of piperazine rings is 2. The van der Waals surface area contributed by atoms with E-state index in [1.807, 2.05) is 58.3 Å². The van der Waals surface area contributed by atoms with E-state index in [-0.39, 0.29) is 30.0 Å². The molecule has 58 heavy (non-hydrogen) atoms. The molecule has 0 bridgehead atoms. The Morgan fingerprint density at radius 1 is 0.741 bits per heavy atom. The number of ether oxygens (including phenoxy) is 1. The van der Waals surface area contributed by atoms with Crippen LogP contribution in [0.5, 0.6) is 11.5 Å². The molecule has 0 spiro atoms. The second kappa shape index (κ2) is 17.3. The minimum Gasteiger partial charge on any atom is -0.508 e. The normalized spacial score (nSPS) is 20.8. The van der Waals surface area contributed by atoms with Crippen LogP contribution in [-0.4, -0.2) is 125 Å². The molecule has 2 N–H and O–H groups in total. The minimum absolute atomic E-state index is 0.0276. The van der Waals surface area contributed by atoms with Crippen molar-refractivity contribution in [2.75, 3.05) is 65.5 Å². The molecule has 0 radical (unpaired) electrons. The van der Waals surface area contributed by atoms with Gasteiger partial charge < -0.3 is 24.5 Å². The van der Waals surface area contributed by atoms with Gasteiger partial charge in [0.25, 0.3) is 5.91 Å². The van der Waals surface area contributed by atoms with Gasteiger partial charge in [-0.25, -0.2) is 4.79 Å². The number of fused-ring (bicyclic) bond motifs is 1. The van der Waals surface area contributed by atoms with E-state index in [2.05, 4.69) is 58.4 Å². The number of nitrogens with one attached hydrogen (secondary N) is 1. The highest BCUT2D eigenvalue weighted by Gasteiger charge is 2.47. The van der Waals surface area contributed by atoms with E-state index in [1.165, 1.54) is 11.1 Å². The third-order valence-electron chi connectivity index (χ3n) is 11.8. The van der Waals surface area contributed by atoms with E-state index in [0.29, 0.717) is 57.9 Å². The second-order valence-corrected chi connectivity index (χ2v) is 15.3. The van der Waals surface area contributed by atoms with E-state index >= 15 is 0 Å². The van der Waals surface area contributed by atoms with E-state index in [4.69, 9.17) is 4.74 Å². The molecule has 2 atom stereocenters. The largest absolute Gasteiger partial charge is 0.508 e. The van der Waals surface area contributed by atoms with Crippen LogP contribution in [0, 0.1) is 0 Å². The summed E-state index contributed by atoms with van der Waals surface area (Å²) >= 11 is 0. The third kappa shape index (κ3) is 8.07. The minimum atomic E-state index is -0.725. The van der Waals surface area contributed by atoms with Gasteiger partial charge in [0.15, 0.2) is 0 Å². The summed E-state index contributed by atoms with van der Waals surface area (Å²) in [4.78, 5) is 62.1. The molecule has 5 amide bonds. The Morgan fingerprint density at radius 2 is 1.36 bits per heavy atom. The summed E-state index contributed by atoms with van der Waals surface area (Å²) in [6.07, 6.45) is 0.904. The number of phenols is 1. The molecule has 4 aliphatic heterocycles. The van der Waals surface area contributed by atoms with E-state index in [1.54, 1.807) is 23.1 Å². The Morgan fingerprint density at radius 3 is 2.02 bits per heavy atom. The number of urea groups is 1. The summed E-state index contributed by atoms with van der Waals surface area (Å²) in [5, 5.41) is 12.4. The number of carbonyl (C=O) groups excluding carboxylic acids is 4. The van der Waals surface area contributed by atoms with E-state index < -0.39 is 18.1 Å². The number of carbonyl (C=O) groups is 4. The van der Waals surface area contributed by atoms with E-state index in [0.717, 1.165) is 54.1 Å². The summed E-state index contributed by atoms with van der Waals surface area (Å²) in [5.41, 5.74) is 7.08. The van der Waals surface area contributed by atoms with Gasteiger partial charge in [0, 0.05) is 76.5 Å². The summed E-state index contributed by atoms with van der Waals surface area (Å²) in [7, 11) is 0. The van der Waals surface area contributed by atoms with Gasteiger partial charge in [-0.15, -0.1) is 0 Å². The topological polar surface area (TPSA) is 126 Å². The number of rotatable bonds is 10. The average molecular weight is 783 g/mol. The molecule has 0 aliphatic carbocycles. The fourth-order valence-electron chi connectivity index (χ4n) is 8.79. The highest BCUT2D eigenvalue weighted by atomic mass is 16.5. The molecule has 12 heteroatoms. The van der Waals surface area contributed by atoms with Crippen LogP contribution in [0.2, 0.25) is 0 Å². The van der Waals surface area contributed by atoms with Crippen LogP contribution < -0.4 is 10.1 Å². The number of imide groups is 1. The Labute approximate surface area is 339 Å². The fraction of sp³-hybridized carbons (Fsp3) is 0.348. The van der Waals surface area contributed by atoms with Gasteiger partial charge in [-0.2, -0.15) is 0 Å². The van der Waals surface area contributed by atoms with Crippen molar-refractivity contribution in [2.45, 2.75) is 38.4 Å². The second-order valence-electron chi connectivity index (χ2n) is 15.3. The number of amides is 5. The summed E-state index contributed by atoms with van der Waals surface area (Å²) in [5.74, 6) is 0.0827. The van der Waals surface area contributed by atoms with Crippen LogP contribution in [-0.2, 0) is 9.59 Å². The van der Waals surface area contributed by atoms with Gasteiger partial charge in [-0.3, -0.25) is 29.5 Å². The predicted molar refractivity (Wildman–Crippen MR) is 221 cm³/mol. The van der Waals surface area contributed by atoms with Crippen LogP contribution in [0.4, 0.5) is 4.79 Å². The van der Waals surface area contributed by atoms with Crippen molar-refractivity contribution in [3.8, 4) is 11.5 Å². The Hall–Kier alpha value is -5.98. The maximum Gasteiger partial charge on any atom is 0.320 e. The van der Waals surface area contributed by atoms with Gasteiger partial charge in [0.2, 0.25) is 11.8 Å². The molecule has 4 heterocycles. The summed E-state index contributed by atoms with van der Waals surface area (Å²) in [6.45, 7) is 8.38. The van der Waals surface area contributed by atoms with Crippen molar-refractivity contribution < 1.29 is 29.0 Å². The van der Waals surface area contributed by atoms with Gasteiger partial charge in [-0.05, 0) is 71.0 Å². The van der Waals surface area contributed by atoms with Crippen molar-refractivity contribution in [1.82, 2.24) is 29.8 Å². The van der Waals surface area contributed by atoms with Crippen molar-refractivity contribution in [3.63, 3.8) is 0 Å². The molecule has 3 saturated heterocycles. The molecule has 4 aliphatic rings. The lowest BCUT2D eigenvalue weighted by Crippen LogP contribution is -2.60. The Balaban J connectivity index is 0.829. The zero-order chi connectivity index (χ0) is 40.2. The number of phenolic OH excluding ortho intramolecular Hbond substituents is 1. The lowest BCUT2D eigenvalue weighted by Gasteiger charge is -2.45. The zero-order valence-corrected chi connectivity index (χ0v) is 32.9. The van der Waals surface area contributed by atoms with Crippen molar-refractivity contribution in [1.29, 1.82) is 0 Å². The first-order chi connectivity index (χ1) is 28.3. The van der Waals surface area contributed by atoms with E-state index in [9.17, 15) is 24.3 Å². The maximum atomic E-state index is 13.7. The summed E-state index contributed by atoms with van der Waals surface area (Å²) in [6, 6.07) is 32.8. The monoisotopic (exact) mass is 782 g/mol. The van der Waals surface area contributed by atoms with Crippen LogP contribution >= 0.6 is 0 Å². The Kier molecular flexibility index (Phi) is 11.6.